The van der Waals surface area contributed by atoms with Gasteiger partial charge in [0.2, 0.25) is 10.0 Å². The van der Waals surface area contributed by atoms with Crippen molar-refractivity contribution in [2.45, 2.75) is 4.90 Å². The molecule has 0 fully saturated rings. The molecule has 0 spiro atoms. The van der Waals surface area contributed by atoms with E-state index in [4.69, 9.17) is 0 Å². The molecule has 0 bridgehead atoms. The molecule has 39 heavy (non-hydrogen) atoms. The highest BCUT2D eigenvalue weighted by Crippen LogP contribution is 2.38. The van der Waals surface area contributed by atoms with E-state index in [2.05, 4.69) is 14.7 Å². The van der Waals surface area contributed by atoms with E-state index in [1.807, 2.05) is 0 Å². The fraction of sp³-hybridized carbons (Fsp3) is 0.120. The number of hydrogen-bond donors (Lipinski definition) is 2. The van der Waals surface area contributed by atoms with E-state index in [1.165, 1.54) is 38.9 Å². The van der Waals surface area contributed by atoms with Gasteiger partial charge in [0, 0.05) is 31.5 Å². The van der Waals surface area contributed by atoms with E-state index in [0.29, 0.717) is 16.7 Å². The summed E-state index contributed by atoms with van der Waals surface area (Å²) >= 11 is 0. The van der Waals surface area contributed by atoms with E-state index < -0.39 is 44.2 Å². The maximum Gasteiger partial charge on any atom is 0.328 e. The average Bonchev–Trinajstić information content (AvgIpc) is 3.60. The third-order valence-corrected chi connectivity index (χ3v) is 8.27. The molecule has 3 heterocycles. The standard InChI is InChI=1S/C25H18F4N6O3S/c1-30-39(37,38)12-5-6-14-16(9-12)35(11-4-7-15-17(8-11)34(3)25(36)33(15)2)24(32-14)13-10-31-23-18(13)19(26)20(27)21(28)22(23)29/h4-10,30-31H,1-3H3. The Hall–Kier alpha value is -4.43. The minimum atomic E-state index is -3.88. The molecule has 0 atom stereocenters. The van der Waals surface area contributed by atoms with Crippen molar-refractivity contribution in [1.82, 2.24) is 28.4 Å². The second-order valence-corrected chi connectivity index (χ2v) is 10.8. The Morgan fingerprint density at radius 1 is 0.872 bits per heavy atom. The molecule has 0 saturated carbocycles. The van der Waals surface area contributed by atoms with Gasteiger partial charge < -0.3 is 4.98 Å². The van der Waals surface area contributed by atoms with Crippen LogP contribution in [0.3, 0.4) is 0 Å². The fourth-order valence-electron chi connectivity index (χ4n) is 4.83. The highest BCUT2D eigenvalue weighted by molar-refractivity contribution is 7.89. The van der Waals surface area contributed by atoms with Gasteiger partial charge in [-0.1, -0.05) is 0 Å². The zero-order chi connectivity index (χ0) is 28.0. The lowest BCUT2D eigenvalue weighted by molar-refractivity contribution is 0.417. The SMILES string of the molecule is CNS(=O)(=O)c1ccc2nc(-c3c[nH]c4c(F)c(F)c(F)c(F)c34)n(-c3ccc4c(c3)n(C)c(=O)n4C)c2c1. The Kier molecular flexibility index (Phi) is 5.28. The van der Waals surface area contributed by atoms with Crippen molar-refractivity contribution in [3.63, 3.8) is 0 Å². The lowest BCUT2D eigenvalue weighted by Gasteiger charge is -2.11. The van der Waals surface area contributed by atoms with Crippen LogP contribution in [0.1, 0.15) is 0 Å². The quantitative estimate of drug-likeness (QED) is 0.195. The van der Waals surface area contributed by atoms with Crippen molar-refractivity contribution >= 4 is 43.0 Å². The molecule has 3 aromatic heterocycles. The molecule has 0 aliphatic rings. The van der Waals surface area contributed by atoms with Gasteiger partial charge in [-0.15, -0.1) is 0 Å². The summed E-state index contributed by atoms with van der Waals surface area (Å²) < 4.78 is 89.4. The number of aryl methyl sites for hydroxylation is 2. The highest BCUT2D eigenvalue weighted by atomic mass is 32.2. The van der Waals surface area contributed by atoms with Gasteiger partial charge in [-0.25, -0.2) is 40.5 Å². The van der Waals surface area contributed by atoms with Crippen molar-refractivity contribution in [2.24, 2.45) is 14.1 Å². The van der Waals surface area contributed by atoms with Crippen molar-refractivity contribution in [3.8, 4) is 17.1 Å². The number of nitrogens with one attached hydrogen (secondary N) is 2. The van der Waals surface area contributed by atoms with Gasteiger partial charge in [-0.05, 0) is 43.4 Å². The van der Waals surface area contributed by atoms with Crippen LogP contribution >= 0.6 is 0 Å². The average molecular weight is 559 g/mol. The van der Waals surface area contributed by atoms with Crippen molar-refractivity contribution < 1.29 is 26.0 Å². The smallest absolute Gasteiger partial charge is 0.328 e. The van der Waals surface area contributed by atoms with Crippen molar-refractivity contribution in [2.75, 3.05) is 7.05 Å². The largest absolute Gasteiger partial charge is 0.358 e. The number of hydrogen-bond acceptors (Lipinski definition) is 4. The molecule has 3 aromatic carbocycles. The van der Waals surface area contributed by atoms with Gasteiger partial charge >= 0.3 is 5.69 Å². The lowest BCUT2D eigenvalue weighted by Crippen LogP contribution is -2.19. The van der Waals surface area contributed by atoms with E-state index in [-0.39, 0.29) is 33.0 Å². The van der Waals surface area contributed by atoms with E-state index in [9.17, 15) is 26.4 Å². The molecule has 14 heteroatoms. The number of nitrogens with zero attached hydrogens (tertiary/aromatic N) is 4. The van der Waals surface area contributed by atoms with E-state index in [1.54, 1.807) is 32.3 Å². The third-order valence-electron chi connectivity index (χ3n) is 6.86. The van der Waals surface area contributed by atoms with Crippen molar-refractivity contribution in [1.29, 1.82) is 0 Å². The zero-order valence-electron chi connectivity index (χ0n) is 20.5. The monoisotopic (exact) mass is 558 g/mol. The first kappa shape index (κ1) is 24.9. The second-order valence-electron chi connectivity index (χ2n) is 8.91. The molecule has 6 aromatic rings. The number of imidazole rings is 2. The molecule has 200 valence electrons. The molecule has 0 unspecified atom stereocenters. The molecule has 0 amide bonds. The molecule has 2 N–H and O–H groups in total. The van der Waals surface area contributed by atoms with Gasteiger partial charge in [0.25, 0.3) is 0 Å². The third kappa shape index (κ3) is 3.37. The summed E-state index contributed by atoms with van der Waals surface area (Å²) in [4.78, 5) is 19.4. The summed E-state index contributed by atoms with van der Waals surface area (Å²) in [6.45, 7) is 0. The van der Waals surface area contributed by atoms with Crippen LogP contribution in [0.4, 0.5) is 17.6 Å². The van der Waals surface area contributed by atoms with Gasteiger partial charge in [-0.3, -0.25) is 13.7 Å². The molecule has 9 nitrogen and oxygen atoms in total. The van der Waals surface area contributed by atoms with Gasteiger partial charge in [-0.2, -0.15) is 0 Å². The Labute approximate surface area is 217 Å². The van der Waals surface area contributed by atoms with Gasteiger partial charge in [0.05, 0.1) is 37.9 Å². The predicted octanol–water partition coefficient (Wildman–Crippen LogP) is 3.83. The number of fused-ring (bicyclic) bond motifs is 3. The summed E-state index contributed by atoms with van der Waals surface area (Å²) in [5, 5.41) is -0.570. The lowest BCUT2D eigenvalue weighted by atomic mass is 10.1. The Balaban J connectivity index is 1.75. The molecule has 0 aliphatic heterocycles. The van der Waals surface area contributed by atoms with Crippen LogP contribution < -0.4 is 10.4 Å². The molecule has 0 saturated heterocycles. The van der Waals surface area contributed by atoms with Gasteiger partial charge in [0.1, 0.15) is 5.82 Å². The van der Waals surface area contributed by atoms with Crippen LogP contribution in [-0.4, -0.2) is 39.1 Å². The number of aromatic amines is 1. The number of benzene rings is 3. The van der Waals surface area contributed by atoms with Crippen LogP contribution in [-0.2, 0) is 24.1 Å². The molecule has 6 rings (SSSR count). The Morgan fingerprint density at radius 2 is 1.56 bits per heavy atom. The molecular weight excluding hydrogens is 540 g/mol. The van der Waals surface area contributed by atoms with Crippen LogP contribution in [0.15, 0.2) is 52.3 Å². The van der Waals surface area contributed by atoms with E-state index >= 15 is 4.39 Å². The zero-order valence-corrected chi connectivity index (χ0v) is 21.3. The summed E-state index contributed by atoms with van der Waals surface area (Å²) in [5.41, 5.74) is 1.07. The second kappa shape index (κ2) is 8.28. The number of halogens is 4. The summed E-state index contributed by atoms with van der Waals surface area (Å²) in [7, 11) is 0.555. The predicted molar refractivity (Wildman–Crippen MR) is 136 cm³/mol. The molecule has 0 aliphatic carbocycles. The van der Waals surface area contributed by atoms with Crippen LogP contribution in [0.25, 0.3) is 50.0 Å². The first-order valence-electron chi connectivity index (χ1n) is 11.4. The molecule has 0 radical (unpaired) electrons. The first-order valence-corrected chi connectivity index (χ1v) is 12.9. The van der Waals surface area contributed by atoms with Crippen LogP contribution in [0.2, 0.25) is 0 Å². The topological polar surface area (TPSA) is 107 Å². The first-order chi connectivity index (χ1) is 18.5. The van der Waals surface area contributed by atoms with E-state index in [0.717, 1.165) is 6.20 Å². The summed E-state index contributed by atoms with van der Waals surface area (Å²) in [6, 6.07) is 9.05. The maximum absolute atomic E-state index is 15.0. The van der Waals surface area contributed by atoms with Crippen molar-refractivity contribution in [3.05, 3.63) is 76.3 Å². The number of H-pyrrole nitrogens is 1. The fourth-order valence-corrected chi connectivity index (χ4v) is 5.58. The Bertz CT molecular complexity index is 2180. The number of aromatic nitrogens is 5. The Morgan fingerprint density at radius 3 is 2.28 bits per heavy atom. The minimum Gasteiger partial charge on any atom is -0.358 e. The normalized spacial score (nSPS) is 12.4. The number of sulfonamides is 1. The maximum atomic E-state index is 15.0. The van der Waals surface area contributed by atoms with Gasteiger partial charge in [0.15, 0.2) is 23.3 Å². The summed E-state index contributed by atoms with van der Waals surface area (Å²) in [6.07, 6.45) is 1.16. The minimum absolute atomic E-state index is 0.0140. The number of rotatable bonds is 4. The van der Waals surface area contributed by atoms with Crippen LogP contribution in [0.5, 0.6) is 0 Å². The highest BCUT2D eigenvalue weighted by Gasteiger charge is 2.27. The van der Waals surface area contributed by atoms with Crippen LogP contribution in [0, 0.1) is 23.3 Å². The summed E-state index contributed by atoms with van der Waals surface area (Å²) in [5.74, 6) is -7.16. The molecular formula is C25H18F4N6O3S.